The van der Waals surface area contributed by atoms with E-state index in [2.05, 4.69) is 99.0 Å². The fourth-order valence-electron chi connectivity index (χ4n) is 11.0. The van der Waals surface area contributed by atoms with Crippen LogP contribution in [-0.4, -0.2) is 69.4 Å². The highest BCUT2D eigenvalue weighted by atomic mass is 31.2. The van der Waals surface area contributed by atoms with Gasteiger partial charge in [0.2, 0.25) is 5.91 Å². The maximum atomic E-state index is 13.6. The van der Waals surface area contributed by atoms with Gasteiger partial charge in [0.15, 0.2) is 0 Å². The number of phosphoric acid groups is 1. The minimum Gasteiger partial charge on any atom is -0.756 e. The Balaban J connectivity index is 5.03. The molecule has 0 aromatic heterocycles. The Morgan fingerprint density at radius 3 is 1.04 bits per heavy atom. The van der Waals surface area contributed by atoms with Gasteiger partial charge in [-0.2, -0.15) is 0 Å². The van der Waals surface area contributed by atoms with Crippen LogP contribution in [0.5, 0.6) is 0 Å². The third-order valence-corrected chi connectivity index (χ3v) is 17.8. The van der Waals surface area contributed by atoms with Crippen LogP contribution in [0.3, 0.4) is 0 Å². The van der Waals surface area contributed by atoms with E-state index >= 15 is 0 Å². The molecule has 0 aliphatic heterocycles. The Morgan fingerprint density at radius 2 is 0.685 bits per heavy atom. The normalized spacial score (nSPS) is 13.9. The molecule has 89 heavy (non-hydrogen) atoms. The SMILES string of the molecule is CCCCC/C=C\C/C=C\C/C=C\CCCCCCCCCCCCCCCCC(=O)NC(COP(=O)([O-])OCC[N+](C)(C)C)C(/C=C\CCCCCCCCCCCCC)OC(=O)CCCCCCCCCCCC/C=C\C/C=C\C/C=C\CCCCC. The van der Waals surface area contributed by atoms with Crippen molar-refractivity contribution in [2.75, 3.05) is 40.9 Å². The Hall–Kier alpha value is -2.81. The van der Waals surface area contributed by atoms with Crippen LogP contribution in [-0.2, 0) is 27.9 Å². The number of carbonyl (C=O) groups is 2. The number of amides is 1. The predicted octanol–water partition coefficient (Wildman–Crippen LogP) is 23.8. The van der Waals surface area contributed by atoms with E-state index in [0.717, 1.165) is 83.5 Å². The molecule has 0 aromatic rings. The van der Waals surface area contributed by atoms with Crippen molar-refractivity contribution in [2.24, 2.45) is 0 Å². The summed E-state index contributed by atoms with van der Waals surface area (Å²) in [6, 6.07) is -0.895. The third-order valence-electron chi connectivity index (χ3n) is 16.8. The zero-order valence-electron chi connectivity index (χ0n) is 59.4. The van der Waals surface area contributed by atoms with Crippen LogP contribution in [0.15, 0.2) is 85.1 Å². The minimum absolute atomic E-state index is 0.0246. The van der Waals surface area contributed by atoms with Gasteiger partial charge in [0.25, 0.3) is 7.82 Å². The lowest BCUT2D eigenvalue weighted by Gasteiger charge is -2.30. The number of nitrogens with zero attached hydrogens (tertiary/aromatic N) is 1. The molecule has 0 aliphatic rings. The van der Waals surface area contributed by atoms with E-state index in [1.165, 1.54) is 238 Å². The van der Waals surface area contributed by atoms with Crippen LogP contribution in [0.2, 0.25) is 0 Å². The van der Waals surface area contributed by atoms with Crippen LogP contribution in [0.4, 0.5) is 0 Å². The summed E-state index contributed by atoms with van der Waals surface area (Å²) in [6.07, 6.45) is 91.3. The van der Waals surface area contributed by atoms with Crippen LogP contribution in [0, 0.1) is 0 Å². The summed E-state index contributed by atoms with van der Waals surface area (Å²) in [5.41, 5.74) is 0. The van der Waals surface area contributed by atoms with E-state index in [9.17, 15) is 19.0 Å². The number of unbranched alkanes of at least 4 members (excludes halogenated alkanes) is 41. The van der Waals surface area contributed by atoms with Gasteiger partial charge < -0.3 is 28.5 Å². The maximum absolute atomic E-state index is 13.6. The summed E-state index contributed by atoms with van der Waals surface area (Å²) >= 11 is 0. The lowest BCUT2D eigenvalue weighted by Crippen LogP contribution is -2.47. The first-order valence-corrected chi connectivity index (χ1v) is 39.4. The molecule has 0 bridgehead atoms. The molecule has 0 aliphatic carbocycles. The van der Waals surface area contributed by atoms with Crippen molar-refractivity contribution in [1.82, 2.24) is 5.32 Å². The highest BCUT2D eigenvalue weighted by molar-refractivity contribution is 7.45. The summed E-state index contributed by atoms with van der Waals surface area (Å²) in [6.45, 7) is 6.83. The zero-order valence-corrected chi connectivity index (χ0v) is 60.3. The van der Waals surface area contributed by atoms with Gasteiger partial charge in [0, 0.05) is 12.8 Å². The quantitative estimate of drug-likeness (QED) is 0.0212. The number of ether oxygens (including phenoxy) is 1. The van der Waals surface area contributed by atoms with E-state index in [0.29, 0.717) is 17.4 Å². The molecule has 0 heterocycles. The van der Waals surface area contributed by atoms with Gasteiger partial charge in [0.05, 0.1) is 33.8 Å². The average molecular weight is 1270 g/mol. The van der Waals surface area contributed by atoms with E-state index in [4.69, 9.17) is 13.8 Å². The van der Waals surface area contributed by atoms with E-state index in [1.807, 2.05) is 33.3 Å². The number of esters is 1. The molecule has 0 spiro atoms. The largest absolute Gasteiger partial charge is 0.756 e. The second-order valence-corrected chi connectivity index (χ2v) is 28.2. The number of phosphoric ester groups is 1. The van der Waals surface area contributed by atoms with E-state index < -0.39 is 26.6 Å². The van der Waals surface area contributed by atoms with E-state index in [-0.39, 0.29) is 24.9 Å². The molecule has 1 N–H and O–H groups in total. The first kappa shape index (κ1) is 86.2. The van der Waals surface area contributed by atoms with Crippen molar-refractivity contribution in [3.8, 4) is 0 Å². The highest BCUT2D eigenvalue weighted by Crippen LogP contribution is 2.38. The zero-order chi connectivity index (χ0) is 64.9. The molecule has 0 rings (SSSR count). The number of carbonyl (C=O) groups excluding carboxylic acids is 2. The van der Waals surface area contributed by atoms with Crippen molar-refractivity contribution in [3.05, 3.63) is 85.1 Å². The number of hydrogen-bond acceptors (Lipinski definition) is 7. The molecular weight excluding hydrogens is 1120 g/mol. The van der Waals surface area contributed by atoms with Gasteiger partial charge in [-0.05, 0) is 109 Å². The smallest absolute Gasteiger partial charge is 0.306 e. The molecule has 0 fully saturated rings. The average Bonchev–Trinajstić information content (AvgIpc) is 3.65. The number of rotatable bonds is 69. The van der Waals surface area contributed by atoms with Gasteiger partial charge >= 0.3 is 5.97 Å². The van der Waals surface area contributed by atoms with Gasteiger partial charge in [-0.25, -0.2) is 0 Å². The number of allylic oxidation sites excluding steroid dienone is 13. The lowest BCUT2D eigenvalue weighted by molar-refractivity contribution is -0.870. The van der Waals surface area contributed by atoms with Crippen molar-refractivity contribution >= 4 is 19.7 Å². The Kier molecular flexibility index (Phi) is 65.9. The number of hydrogen-bond donors (Lipinski definition) is 1. The standard InChI is InChI=1S/C79H145N2O7P/c1-7-10-13-16-19-22-25-28-30-32-34-36-38-39-40-41-43-44-46-48-50-53-56-59-62-65-68-71-78(82)80-76(75-87-89(84,85)86-74-73-81(4,5)6)77(70-67-64-61-58-55-52-27-24-21-18-15-12-9-3)88-79(83)72-69-66-63-60-57-54-51-49-47-45-42-37-35-33-31-29-26-23-20-17-14-11-8-2/h19-20,22-23,28-31,34-37,67,70,76-77H,7-18,21,24-27,32-33,38-66,68-69,71-75H2,1-6H3,(H-,80,82,84,85)/b22-19-,23-20-,30-28-,31-29-,36-34-,37-35-,70-67-. The Labute approximate surface area is 552 Å². The summed E-state index contributed by atoms with van der Waals surface area (Å²) < 4.78 is 30.5. The fraction of sp³-hybridized carbons (Fsp3) is 0.797. The molecule has 3 atom stereocenters. The molecule has 0 radical (unpaired) electrons. The highest BCUT2D eigenvalue weighted by Gasteiger charge is 2.27. The number of nitrogens with one attached hydrogen (secondary N) is 1. The Morgan fingerprint density at radius 1 is 0.393 bits per heavy atom. The molecule has 9 nitrogen and oxygen atoms in total. The van der Waals surface area contributed by atoms with Crippen LogP contribution < -0.4 is 10.2 Å². The van der Waals surface area contributed by atoms with Gasteiger partial charge in [-0.3, -0.25) is 14.2 Å². The fourth-order valence-corrected chi connectivity index (χ4v) is 11.7. The van der Waals surface area contributed by atoms with Crippen LogP contribution in [0.1, 0.15) is 355 Å². The second kappa shape index (κ2) is 68.1. The van der Waals surface area contributed by atoms with Crippen molar-refractivity contribution in [3.63, 3.8) is 0 Å². The summed E-state index contributed by atoms with van der Waals surface area (Å²) in [7, 11) is 1.19. The first-order chi connectivity index (χ1) is 43.4. The van der Waals surface area contributed by atoms with E-state index in [1.54, 1.807) is 0 Å². The molecule has 0 saturated heterocycles. The third kappa shape index (κ3) is 69.4. The Bertz CT molecular complexity index is 1800. The molecule has 3 unspecified atom stereocenters. The summed E-state index contributed by atoms with van der Waals surface area (Å²) in [4.78, 5) is 40.3. The predicted molar refractivity (Wildman–Crippen MR) is 385 cm³/mol. The second-order valence-electron chi connectivity index (χ2n) is 26.8. The summed E-state index contributed by atoms with van der Waals surface area (Å²) in [5.74, 6) is -0.535. The monoisotopic (exact) mass is 1270 g/mol. The molecule has 1 amide bonds. The minimum atomic E-state index is -4.71. The van der Waals surface area contributed by atoms with Crippen LogP contribution in [0.25, 0.3) is 0 Å². The lowest BCUT2D eigenvalue weighted by atomic mass is 10.0. The van der Waals surface area contributed by atoms with Crippen LogP contribution >= 0.6 is 7.82 Å². The number of quaternary nitrogens is 1. The molecule has 0 aromatic carbocycles. The first-order valence-electron chi connectivity index (χ1n) is 37.9. The molecule has 518 valence electrons. The van der Waals surface area contributed by atoms with Crippen molar-refractivity contribution < 1.29 is 37.3 Å². The molecular formula is C79H145N2O7P. The maximum Gasteiger partial charge on any atom is 0.306 e. The molecule has 0 saturated carbocycles. The van der Waals surface area contributed by atoms with Crippen molar-refractivity contribution in [1.29, 1.82) is 0 Å². The van der Waals surface area contributed by atoms with Gasteiger partial charge in [-0.15, -0.1) is 0 Å². The van der Waals surface area contributed by atoms with Gasteiger partial charge in [-0.1, -0.05) is 318 Å². The van der Waals surface area contributed by atoms with Gasteiger partial charge in [0.1, 0.15) is 19.3 Å². The summed E-state index contributed by atoms with van der Waals surface area (Å²) in [5, 5.41) is 3.05. The molecule has 10 heteroatoms. The number of likely N-dealkylation sites (N-methyl/N-ethyl adjacent to an activating group) is 1. The topological polar surface area (TPSA) is 114 Å². The van der Waals surface area contributed by atoms with Crippen molar-refractivity contribution in [2.45, 2.75) is 367 Å².